The molecule has 2 aromatic rings. The van der Waals surface area contributed by atoms with Gasteiger partial charge in [-0.05, 0) is 30.6 Å². The van der Waals surface area contributed by atoms with Crippen molar-refractivity contribution in [1.29, 1.82) is 0 Å². The van der Waals surface area contributed by atoms with E-state index in [1.54, 1.807) is 18.2 Å². The molecule has 2 atom stereocenters. The summed E-state index contributed by atoms with van der Waals surface area (Å²) in [5, 5.41) is 0. The Morgan fingerprint density at radius 3 is 2.42 bits per heavy atom. The lowest BCUT2D eigenvalue weighted by atomic mass is 9.74. The fourth-order valence-corrected chi connectivity index (χ4v) is 4.66. The summed E-state index contributed by atoms with van der Waals surface area (Å²) in [6.45, 7) is 5.56. The van der Waals surface area contributed by atoms with Gasteiger partial charge in [0.05, 0.1) is 27.4 Å². The Morgan fingerprint density at radius 2 is 1.79 bits per heavy atom. The number of hydrogen-bond donors (Lipinski definition) is 0. The van der Waals surface area contributed by atoms with E-state index in [9.17, 15) is 4.79 Å². The van der Waals surface area contributed by atoms with E-state index in [-0.39, 0.29) is 29.9 Å². The second kappa shape index (κ2) is 12.5. The van der Waals surface area contributed by atoms with Crippen LogP contribution in [0.1, 0.15) is 29.3 Å². The summed E-state index contributed by atoms with van der Waals surface area (Å²) in [5.74, 6) is -0.0104. The Morgan fingerprint density at radius 1 is 1.11 bits per heavy atom. The van der Waals surface area contributed by atoms with Gasteiger partial charge in [-0.2, -0.15) is 9.97 Å². The van der Waals surface area contributed by atoms with E-state index in [2.05, 4.69) is 14.9 Å². The van der Waals surface area contributed by atoms with Gasteiger partial charge in [-0.25, -0.2) is 4.39 Å². The molecule has 1 aromatic carbocycles. The SMILES string of the molecule is COc1nc(OCC2(OCCCN3CCOCC3)C=CC=C(c3ccccc3)C2(C)F)nc(OC)c1C=O. The monoisotopic (exact) mass is 527 g/mol. The number of halogens is 1. The zero-order valence-electron chi connectivity index (χ0n) is 22.0. The number of methoxy groups -OCH3 is 2. The molecular weight excluding hydrogens is 493 g/mol. The molecule has 1 saturated heterocycles. The number of ether oxygens (including phenoxy) is 5. The highest BCUT2D eigenvalue weighted by atomic mass is 19.1. The fourth-order valence-electron chi connectivity index (χ4n) is 4.66. The Hall–Kier alpha value is -3.34. The molecule has 204 valence electrons. The summed E-state index contributed by atoms with van der Waals surface area (Å²) in [5.41, 5.74) is -2.16. The average Bonchev–Trinajstić information content (AvgIpc) is 2.95. The van der Waals surface area contributed by atoms with Crippen LogP contribution < -0.4 is 14.2 Å². The largest absolute Gasteiger partial charge is 0.480 e. The van der Waals surface area contributed by atoms with Crippen molar-refractivity contribution >= 4 is 11.9 Å². The molecule has 10 heteroatoms. The zero-order valence-corrected chi connectivity index (χ0v) is 22.0. The second-order valence-corrected chi connectivity index (χ2v) is 9.20. The summed E-state index contributed by atoms with van der Waals surface area (Å²) in [4.78, 5) is 22.1. The number of benzene rings is 1. The Bertz CT molecular complexity index is 1130. The van der Waals surface area contributed by atoms with Gasteiger partial charge < -0.3 is 23.7 Å². The minimum absolute atomic E-state index is 0.00519. The van der Waals surface area contributed by atoms with Gasteiger partial charge in [-0.1, -0.05) is 42.5 Å². The highest BCUT2D eigenvalue weighted by Crippen LogP contribution is 2.45. The summed E-state index contributed by atoms with van der Waals surface area (Å²) in [6, 6.07) is 9.23. The fraction of sp³-hybridized carbons (Fsp3) is 0.464. The van der Waals surface area contributed by atoms with Gasteiger partial charge in [0.1, 0.15) is 12.2 Å². The van der Waals surface area contributed by atoms with E-state index in [1.165, 1.54) is 21.1 Å². The highest BCUT2D eigenvalue weighted by molar-refractivity contribution is 5.81. The maximum Gasteiger partial charge on any atom is 0.323 e. The van der Waals surface area contributed by atoms with Crippen LogP contribution in [0.25, 0.3) is 5.57 Å². The molecule has 1 fully saturated rings. The maximum absolute atomic E-state index is 16.9. The van der Waals surface area contributed by atoms with E-state index in [1.807, 2.05) is 30.3 Å². The van der Waals surface area contributed by atoms with Crippen LogP contribution in [-0.4, -0.2) is 92.7 Å². The number of morpholine rings is 1. The minimum atomic E-state index is -1.96. The van der Waals surface area contributed by atoms with Gasteiger partial charge >= 0.3 is 6.01 Å². The predicted molar refractivity (Wildman–Crippen MR) is 140 cm³/mol. The smallest absolute Gasteiger partial charge is 0.323 e. The summed E-state index contributed by atoms with van der Waals surface area (Å²) in [6.07, 6.45) is 6.48. The van der Waals surface area contributed by atoms with Crippen LogP contribution in [0.15, 0.2) is 48.6 Å². The number of aldehydes is 1. The normalized spacial score (nSPS) is 23.5. The van der Waals surface area contributed by atoms with Crippen molar-refractivity contribution in [3.8, 4) is 17.8 Å². The first kappa shape index (κ1) is 27.7. The van der Waals surface area contributed by atoms with Gasteiger partial charge in [-0.3, -0.25) is 9.69 Å². The van der Waals surface area contributed by atoms with Crippen molar-refractivity contribution < 1.29 is 32.9 Å². The van der Waals surface area contributed by atoms with Crippen molar-refractivity contribution in [2.24, 2.45) is 0 Å². The molecule has 1 aromatic heterocycles. The van der Waals surface area contributed by atoms with Gasteiger partial charge in [0.25, 0.3) is 0 Å². The lowest BCUT2D eigenvalue weighted by molar-refractivity contribution is -0.110. The van der Waals surface area contributed by atoms with Crippen molar-refractivity contribution in [1.82, 2.24) is 14.9 Å². The van der Waals surface area contributed by atoms with Gasteiger partial charge in [-0.15, -0.1) is 0 Å². The first-order valence-corrected chi connectivity index (χ1v) is 12.6. The topological polar surface area (TPSA) is 92.2 Å². The molecule has 2 heterocycles. The Kier molecular flexibility index (Phi) is 9.09. The lowest BCUT2D eigenvalue weighted by Gasteiger charge is -2.44. The molecule has 0 bridgehead atoms. The third kappa shape index (κ3) is 5.87. The number of aromatic nitrogens is 2. The lowest BCUT2D eigenvalue weighted by Crippen LogP contribution is -2.56. The van der Waals surface area contributed by atoms with Crippen LogP contribution in [0, 0.1) is 0 Å². The molecule has 0 saturated carbocycles. The molecule has 1 aliphatic carbocycles. The number of alkyl halides is 1. The third-order valence-corrected chi connectivity index (χ3v) is 6.87. The quantitative estimate of drug-likeness (QED) is 0.304. The second-order valence-electron chi connectivity index (χ2n) is 9.20. The molecule has 4 rings (SSSR count). The predicted octanol–water partition coefficient (Wildman–Crippen LogP) is 3.54. The van der Waals surface area contributed by atoms with E-state index in [4.69, 9.17) is 23.7 Å². The van der Waals surface area contributed by atoms with Crippen LogP contribution in [-0.2, 0) is 9.47 Å². The summed E-state index contributed by atoms with van der Waals surface area (Å²) < 4.78 is 45.1. The number of hydrogen-bond acceptors (Lipinski definition) is 9. The molecule has 2 unspecified atom stereocenters. The maximum atomic E-state index is 16.9. The van der Waals surface area contributed by atoms with Gasteiger partial charge in [0.15, 0.2) is 17.6 Å². The van der Waals surface area contributed by atoms with Crippen LogP contribution in [0.4, 0.5) is 4.39 Å². The molecule has 0 radical (unpaired) electrons. The molecule has 1 aliphatic heterocycles. The number of nitrogens with zero attached hydrogens (tertiary/aromatic N) is 3. The molecule has 9 nitrogen and oxygen atoms in total. The van der Waals surface area contributed by atoms with Crippen LogP contribution >= 0.6 is 0 Å². The minimum Gasteiger partial charge on any atom is -0.480 e. The first-order chi connectivity index (χ1) is 18.4. The number of allylic oxidation sites excluding steroid dienone is 2. The molecule has 2 aliphatic rings. The molecule has 0 N–H and O–H groups in total. The number of rotatable bonds is 12. The number of carbonyl (C=O) groups is 1. The van der Waals surface area contributed by atoms with Crippen molar-refractivity contribution in [3.05, 3.63) is 59.7 Å². The van der Waals surface area contributed by atoms with Crippen molar-refractivity contribution in [2.45, 2.75) is 24.6 Å². The molecule has 38 heavy (non-hydrogen) atoms. The van der Waals surface area contributed by atoms with Crippen LogP contribution in [0.2, 0.25) is 0 Å². The van der Waals surface area contributed by atoms with E-state index in [0.29, 0.717) is 38.1 Å². The first-order valence-electron chi connectivity index (χ1n) is 12.6. The number of carbonyl (C=O) groups excluding carboxylic acids is 1. The Labute approximate surface area is 222 Å². The van der Waals surface area contributed by atoms with Crippen molar-refractivity contribution in [2.75, 3.05) is 60.3 Å². The standard InChI is InChI=1S/C28H34FN3O6/c1-27(29)23(21-9-5-4-6-10-21)11-7-12-28(27,38-16-8-13-32-14-17-36-18-15-32)20-37-26-30-24(34-2)22(19-33)25(31-26)35-3/h4-7,9-12,19H,8,13-18,20H2,1-3H3. The summed E-state index contributed by atoms with van der Waals surface area (Å²) in [7, 11) is 2.74. The van der Waals surface area contributed by atoms with Gasteiger partial charge in [0.2, 0.25) is 11.8 Å². The van der Waals surface area contributed by atoms with Crippen molar-refractivity contribution in [3.63, 3.8) is 0 Å². The van der Waals surface area contributed by atoms with Crippen LogP contribution in [0.3, 0.4) is 0 Å². The van der Waals surface area contributed by atoms with E-state index in [0.717, 1.165) is 25.2 Å². The third-order valence-electron chi connectivity index (χ3n) is 6.87. The van der Waals surface area contributed by atoms with E-state index < -0.39 is 11.3 Å². The molecular formula is C28H34FN3O6. The van der Waals surface area contributed by atoms with E-state index >= 15 is 4.39 Å². The zero-order chi connectivity index (χ0) is 27.0. The highest BCUT2D eigenvalue weighted by Gasteiger charge is 2.53. The summed E-state index contributed by atoms with van der Waals surface area (Å²) >= 11 is 0. The van der Waals surface area contributed by atoms with Crippen LogP contribution in [0.5, 0.6) is 17.8 Å². The Balaban J connectivity index is 1.58. The molecule has 0 amide bonds. The average molecular weight is 528 g/mol. The molecule has 0 spiro atoms. The van der Waals surface area contributed by atoms with Gasteiger partial charge in [0, 0.05) is 26.2 Å².